The largest absolute Gasteiger partial charge is 0.494 e. The SMILES string of the molecule is N#CCCCOc1ccc(C(=O)Oc2ccc(/C=C/C(=O)OCc3cc(N)ccc3-c3ccc(N)cc3COC(=O)/C=C/c3ccc(OC(=O)c4ccc(OCCCC#N)cc4)cc3)cc2)cc1. The van der Waals surface area contributed by atoms with Crippen molar-refractivity contribution in [3.05, 3.63) is 179 Å². The molecule has 0 amide bonds. The molecular formula is C54H46N4O10. The first kappa shape index (κ1) is 48.3. The van der Waals surface area contributed by atoms with Crippen molar-refractivity contribution in [3.63, 3.8) is 0 Å². The Hall–Kier alpha value is -9.14. The number of nitrogens with two attached hydrogens (primary N) is 2. The highest BCUT2D eigenvalue weighted by atomic mass is 16.5. The third kappa shape index (κ3) is 15.0. The van der Waals surface area contributed by atoms with Crippen molar-refractivity contribution in [3.8, 4) is 46.3 Å². The predicted molar refractivity (Wildman–Crippen MR) is 255 cm³/mol. The summed E-state index contributed by atoms with van der Waals surface area (Å²) >= 11 is 0. The maximum absolute atomic E-state index is 12.9. The summed E-state index contributed by atoms with van der Waals surface area (Å²) in [5, 5.41) is 17.3. The molecule has 6 aromatic carbocycles. The molecule has 0 atom stereocenters. The summed E-state index contributed by atoms with van der Waals surface area (Å²) in [5.74, 6) is -0.519. The number of carbonyl (C=O) groups excluding carboxylic acids is 4. The number of hydrogen-bond donors (Lipinski definition) is 2. The Morgan fingerprint density at radius 2 is 0.853 bits per heavy atom. The Kier molecular flexibility index (Phi) is 17.6. The molecule has 14 heteroatoms. The minimum atomic E-state index is -0.613. The monoisotopic (exact) mass is 910 g/mol. The number of rotatable bonds is 21. The minimum Gasteiger partial charge on any atom is -0.494 e. The van der Waals surface area contributed by atoms with Crippen molar-refractivity contribution in [2.75, 3.05) is 24.7 Å². The minimum absolute atomic E-state index is 0.120. The van der Waals surface area contributed by atoms with Crippen molar-refractivity contribution in [2.24, 2.45) is 0 Å². The van der Waals surface area contributed by atoms with Gasteiger partial charge in [-0.2, -0.15) is 10.5 Å². The van der Waals surface area contributed by atoms with Crippen LogP contribution < -0.4 is 30.4 Å². The third-order valence-corrected chi connectivity index (χ3v) is 9.88. The topological polar surface area (TPSA) is 223 Å². The highest BCUT2D eigenvalue weighted by Crippen LogP contribution is 2.32. The van der Waals surface area contributed by atoms with E-state index in [0.29, 0.717) is 118 Å². The second kappa shape index (κ2) is 24.8. The van der Waals surface area contributed by atoms with Gasteiger partial charge in [-0.25, -0.2) is 19.2 Å². The number of carbonyl (C=O) groups is 4. The molecule has 0 aliphatic heterocycles. The maximum Gasteiger partial charge on any atom is 0.343 e. The average molecular weight is 911 g/mol. The lowest BCUT2D eigenvalue weighted by Gasteiger charge is -2.15. The zero-order chi connectivity index (χ0) is 48.1. The molecule has 0 bridgehead atoms. The molecule has 0 heterocycles. The lowest BCUT2D eigenvalue weighted by atomic mass is 9.95. The third-order valence-electron chi connectivity index (χ3n) is 9.88. The number of ether oxygens (including phenoxy) is 6. The van der Waals surface area contributed by atoms with E-state index in [0.717, 1.165) is 0 Å². The summed E-state index contributed by atoms with van der Waals surface area (Å²) in [5.41, 5.74) is 17.8. The van der Waals surface area contributed by atoms with Crippen LogP contribution >= 0.6 is 0 Å². The second-order valence-corrected chi connectivity index (χ2v) is 14.9. The van der Waals surface area contributed by atoms with Gasteiger partial charge in [-0.3, -0.25) is 0 Å². The van der Waals surface area contributed by atoms with Crippen LogP contribution in [0.25, 0.3) is 23.3 Å². The van der Waals surface area contributed by atoms with Gasteiger partial charge in [0.2, 0.25) is 0 Å². The van der Waals surface area contributed by atoms with Crippen LogP contribution in [0.4, 0.5) is 11.4 Å². The Balaban J connectivity index is 0.990. The number of anilines is 2. The number of unbranched alkanes of at least 4 members (excludes halogenated alkanes) is 2. The Labute approximate surface area is 393 Å². The highest BCUT2D eigenvalue weighted by Gasteiger charge is 2.15. The van der Waals surface area contributed by atoms with Gasteiger partial charge in [0.1, 0.15) is 36.2 Å². The Morgan fingerprint density at radius 1 is 0.485 bits per heavy atom. The Morgan fingerprint density at radius 3 is 1.22 bits per heavy atom. The smallest absolute Gasteiger partial charge is 0.343 e. The fourth-order valence-electron chi connectivity index (χ4n) is 6.40. The zero-order valence-electron chi connectivity index (χ0n) is 36.8. The van der Waals surface area contributed by atoms with Gasteiger partial charge in [0.05, 0.1) is 36.5 Å². The van der Waals surface area contributed by atoms with Crippen LogP contribution in [0, 0.1) is 22.7 Å². The number of benzene rings is 6. The van der Waals surface area contributed by atoms with E-state index in [9.17, 15) is 19.2 Å². The van der Waals surface area contributed by atoms with Crippen LogP contribution in [0.2, 0.25) is 0 Å². The molecular weight excluding hydrogens is 865 g/mol. The zero-order valence-corrected chi connectivity index (χ0v) is 36.8. The molecule has 0 radical (unpaired) electrons. The Bertz CT molecular complexity index is 2650. The van der Waals surface area contributed by atoms with E-state index in [2.05, 4.69) is 12.1 Å². The van der Waals surface area contributed by atoms with Crippen LogP contribution in [-0.4, -0.2) is 37.1 Å². The number of nitrogen functional groups attached to an aromatic ring is 2. The summed E-state index contributed by atoms with van der Waals surface area (Å²) in [7, 11) is 0. The van der Waals surface area contributed by atoms with E-state index < -0.39 is 23.9 Å². The standard InChI is InChI=1S/C54H46N4O10/c55-29-1-3-31-63-45-21-11-39(12-22-45)53(61)67-47-17-5-37(6-18-47)9-27-51(59)65-35-41-33-43(57)15-25-49(41)50-26-16-44(58)34-42(50)36-66-52(60)28-10-38-7-19-48(20-8-38)68-54(62)40-13-23-46(24-14-40)64-32-4-2-30-56/h5-28,33-34H,1-4,31-32,35-36,57-58H2/b27-9+,28-10+. The van der Waals surface area contributed by atoms with Crippen molar-refractivity contribution in [2.45, 2.75) is 38.9 Å². The van der Waals surface area contributed by atoms with Crippen LogP contribution in [-0.2, 0) is 32.3 Å². The summed E-state index contributed by atoms with van der Waals surface area (Å²) in [6.07, 6.45) is 7.73. The lowest BCUT2D eigenvalue weighted by molar-refractivity contribution is -0.139. The van der Waals surface area contributed by atoms with Gasteiger partial charge in [-0.15, -0.1) is 0 Å². The normalized spacial score (nSPS) is 10.7. The van der Waals surface area contributed by atoms with Crippen molar-refractivity contribution >= 4 is 47.4 Å². The molecule has 0 aromatic heterocycles. The molecule has 342 valence electrons. The molecule has 0 saturated heterocycles. The predicted octanol–water partition coefficient (Wildman–Crippen LogP) is 9.83. The van der Waals surface area contributed by atoms with Crippen molar-refractivity contribution < 1.29 is 47.6 Å². The number of esters is 4. The number of nitrogens with zero attached hydrogens (tertiary/aromatic N) is 2. The van der Waals surface area contributed by atoms with E-state index in [1.807, 2.05) is 0 Å². The summed E-state index contributed by atoms with van der Waals surface area (Å²) in [6, 6.07) is 40.7. The van der Waals surface area contributed by atoms with E-state index in [1.54, 1.807) is 146 Å². The second-order valence-electron chi connectivity index (χ2n) is 14.9. The van der Waals surface area contributed by atoms with E-state index >= 15 is 0 Å². The van der Waals surface area contributed by atoms with Gasteiger partial charge in [-0.05, 0) is 155 Å². The van der Waals surface area contributed by atoms with Crippen LogP contribution in [0.5, 0.6) is 23.0 Å². The van der Waals surface area contributed by atoms with Crippen LogP contribution in [0.3, 0.4) is 0 Å². The molecule has 0 saturated carbocycles. The molecule has 4 N–H and O–H groups in total. The maximum atomic E-state index is 12.9. The van der Waals surface area contributed by atoms with Crippen LogP contribution in [0.15, 0.2) is 146 Å². The highest BCUT2D eigenvalue weighted by molar-refractivity contribution is 5.92. The number of nitriles is 2. The molecule has 0 aliphatic rings. The molecule has 68 heavy (non-hydrogen) atoms. The summed E-state index contributed by atoms with van der Waals surface area (Å²) in [4.78, 5) is 51.1. The fourth-order valence-corrected chi connectivity index (χ4v) is 6.40. The lowest BCUT2D eigenvalue weighted by Crippen LogP contribution is -2.08. The van der Waals surface area contributed by atoms with Gasteiger partial charge in [0, 0.05) is 36.4 Å². The van der Waals surface area contributed by atoms with Crippen LogP contribution in [0.1, 0.15) is 68.7 Å². The fraction of sp³-hybridized carbons (Fsp3) is 0.148. The molecule has 0 spiro atoms. The quantitative estimate of drug-likeness (QED) is 0.0226. The summed E-state index contributed by atoms with van der Waals surface area (Å²) < 4.78 is 33.3. The average Bonchev–Trinajstić information content (AvgIpc) is 3.35. The van der Waals surface area contributed by atoms with Gasteiger partial charge in [-0.1, -0.05) is 36.4 Å². The van der Waals surface area contributed by atoms with Gasteiger partial charge < -0.3 is 39.9 Å². The first-order chi connectivity index (χ1) is 33.1. The molecule has 6 aromatic rings. The van der Waals surface area contributed by atoms with Crippen molar-refractivity contribution in [1.82, 2.24) is 0 Å². The van der Waals surface area contributed by atoms with Gasteiger partial charge in [0.15, 0.2) is 0 Å². The molecule has 14 nitrogen and oxygen atoms in total. The van der Waals surface area contributed by atoms with Gasteiger partial charge >= 0.3 is 23.9 Å². The molecule has 0 aliphatic carbocycles. The van der Waals surface area contributed by atoms with E-state index in [1.165, 1.54) is 12.2 Å². The summed E-state index contributed by atoms with van der Waals surface area (Å²) in [6.45, 7) is 0.568. The first-order valence-electron chi connectivity index (χ1n) is 21.4. The van der Waals surface area contributed by atoms with Gasteiger partial charge in [0.25, 0.3) is 0 Å². The van der Waals surface area contributed by atoms with E-state index in [4.69, 9.17) is 50.4 Å². The van der Waals surface area contributed by atoms with Crippen molar-refractivity contribution in [1.29, 1.82) is 10.5 Å². The molecule has 6 rings (SSSR count). The molecule has 0 unspecified atom stereocenters. The number of hydrogen-bond acceptors (Lipinski definition) is 14. The first-order valence-corrected chi connectivity index (χ1v) is 21.4. The van der Waals surface area contributed by atoms with E-state index in [-0.39, 0.29) is 13.2 Å². The molecule has 0 fully saturated rings.